The van der Waals surface area contributed by atoms with Gasteiger partial charge in [-0.2, -0.15) is 11.8 Å². The first-order valence-corrected chi connectivity index (χ1v) is 6.75. The van der Waals surface area contributed by atoms with Gasteiger partial charge in [0.25, 0.3) is 0 Å². The van der Waals surface area contributed by atoms with Gasteiger partial charge in [-0.05, 0) is 25.8 Å². The fourth-order valence-electron chi connectivity index (χ4n) is 2.03. The molecule has 0 amide bonds. The Labute approximate surface area is 92.6 Å². The first kappa shape index (κ1) is 12.3. The third-order valence-corrected chi connectivity index (χ3v) is 4.56. The van der Waals surface area contributed by atoms with Crippen LogP contribution >= 0.6 is 11.8 Å². The van der Waals surface area contributed by atoms with Crippen LogP contribution in [-0.2, 0) is 0 Å². The van der Waals surface area contributed by atoms with Gasteiger partial charge in [0, 0.05) is 30.1 Å². The molecule has 14 heavy (non-hydrogen) atoms. The molecule has 84 valence electrons. The molecule has 0 aromatic heterocycles. The van der Waals surface area contributed by atoms with E-state index in [0.29, 0.717) is 0 Å². The summed E-state index contributed by atoms with van der Waals surface area (Å²) in [7, 11) is 0. The van der Waals surface area contributed by atoms with E-state index in [1.807, 2.05) is 0 Å². The highest BCUT2D eigenvalue weighted by molar-refractivity contribution is 8.00. The second kappa shape index (κ2) is 5.99. The molecule has 1 aliphatic heterocycles. The van der Waals surface area contributed by atoms with Gasteiger partial charge >= 0.3 is 0 Å². The van der Waals surface area contributed by atoms with Crippen LogP contribution in [0.5, 0.6) is 0 Å². The van der Waals surface area contributed by atoms with Crippen LogP contribution in [0.4, 0.5) is 0 Å². The lowest BCUT2D eigenvalue weighted by Gasteiger charge is -2.38. The van der Waals surface area contributed by atoms with Crippen LogP contribution in [0.25, 0.3) is 0 Å². The molecule has 0 radical (unpaired) electrons. The van der Waals surface area contributed by atoms with Crippen molar-refractivity contribution in [3.05, 3.63) is 0 Å². The number of hydrogen-bond acceptors (Lipinski definition) is 3. The van der Waals surface area contributed by atoms with E-state index >= 15 is 0 Å². The lowest BCUT2D eigenvalue weighted by molar-refractivity contribution is 0.182. The largest absolute Gasteiger partial charge is 0.330 e. The van der Waals surface area contributed by atoms with Crippen molar-refractivity contribution in [2.24, 2.45) is 11.7 Å². The van der Waals surface area contributed by atoms with E-state index in [0.717, 1.165) is 30.2 Å². The Morgan fingerprint density at radius 3 is 2.86 bits per heavy atom. The molecule has 1 heterocycles. The zero-order valence-corrected chi connectivity index (χ0v) is 10.5. The summed E-state index contributed by atoms with van der Waals surface area (Å²) in [5, 5.41) is 0.786. The van der Waals surface area contributed by atoms with Crippen LogP contribution in [-0.4, -0.2) is 41.6 Å². The molecule has 1 rings (SSSR count). The standard InChI is InChI=1S/C11H24N2S/c1-9(4-5-12)8-13-6-7-14-11(3)10(13)2/h9-11H,4-8,12H2,1-3H3. The van der Waals surface area contributed by atoms with Crippen molar-refractivity contribution >= 4 is 11.8 Å². The summed E-state index contributed by atoms with van der Waals surface area (Å²) < 4.78 is 0. The van der Waals surface area contributed by atoms with E-state index in [1.54, 1.807) is 0 Å². The first-order chi connectivity index (χ1) is 6.65. The third kappa shape index (κ3) is 3.44. The van der Waals surface area contributed by atoms with Crippen LogP contribution in [0.15, 0.2) is 0 Å². The lowest BCUT2D eigenvalue weighted by Crippen LogP contribution is -2.46. The molecule has 0 aromatic carbocycles. The van der Waals surface area contributed by atoms with Gasteiger partial charge < -0.3 is 5.73 Å². The molecule has 0 aromatic rings. The summed E-state index contributed by atoms with van der Waals surface area (Å²) in [6.45, 7) is 10.3. The van der Waals surface area contributed by atoms with E-state index in [4.69, 9.17) is 5.73 Å². The highest BCUT2D eigenvalue weighted by Crippen LogP contribution is 2.25. The topological polar surface area (TPSA) is 29.3 Å². The highest BCUT2D eigenvalue weighted by Gasteiger charge is 2.25. The average Bonchev–Trinajstić information content (AvgIpc) is 2.13. The van der Waals surface area contributed by atoms with Gasteiger partial charge in [0.15, 0.2) is 0 Å². The SMILES string of the molecule is CC(CCN)CN1CCSC(C)C1C. The fourth-order valence-corrected chi connectivity index (χ4v) is 3.19. The minimum Gasteiger partial charge on any atom is -0.330 e. The monoisotopic (exact) mass is 216 g/mol. The van der Waals surface area contributed by atoms with E-state index in [9.17, 15) is 0 Å². The molecule has 0 bridgehead atoms. The number of rotatable bonds is 4. The maximum Gasteiger partial charge on any atom is 0.0184 e. The van der Waals surface area contributed by atoms with Gasteiger partial charge in [-0.3, -0.25) is 4.90 Å². The summed E-state index contributed by atoms with van der Waals surface area (Å²) in [4.78, 5) is 2.63. The zero-order chi connectivity index (χ0) is 10.6. The smallest absolute Gasteiger partial charge is 0.0184 e. The van der Waals surface area contributed by atoms with E-state index in [-0.39, 0.29) is 0 Å². The van der Waals surface area contributed by atoms with Crippen LogP contribution in [0.2, 0.25) is 0 Å². The van der Waals surface area contributed by atoms with E-state index in [2.05, 4.69) is 37.4 Å². The quantitative estimate of drug-likeness (QED) is 0.777. The average molecular weight is 216 g/mol. The number of hydrogen-bond donors (Lipinski definition) is 1. The molecule has 3 atom stereocenters. The second-order valence-electron chi connectivity index (χ2n) is 4.49. The minimum absolute atomic E-state index is 0.731. The zero-order valence-electron chi connectivity index (χ0n) is 9.70. The molecule has 1 fully saturated rings. The van der Waals surface area contributed by atoms with Gasteiger partial charge in [-0.15, -0.1) is 0 Å². The van der Waals surface area contributed by atoms with E-state index in [1.165, 1.54) is 18.8 Å². The van der Waals surface area contributed by atoms with Crippen LogP contribution in [0.3, 0.4) is 0 Å². The Morgan fingerprint density at radius 1 is 1.50 bits per heavy atom. The molecular formula is C11H24N2S. The molecular weight excluding hydrogens is 192 g/mol. The Bertz CT molecular complexity index is 163. The van der Waals surface area contributed by atoms with Crippen molar-refractivity contribution < 1.29 is 0 Å². The molecule has 3 unspecified atom stereocenters. The molecule has 0 aliphatic carbocycles. The molecule has 2 N–H and O–H groups in total. The van der Waals surface area contributed by atoms with E-state index < -0.39 is 0 Å². The van der Waals surface area contributed by atoms with Crippen molar-refractivity contribution in [1.29, 1.82) is 0 Å². The van der Waals surface area contributed by atoms with Gasteiger partial charge in [0.2, 0.25) is 0 Å². The second-order valence-corrected chi connectivity index (χ2v) is 5.98. The summed E-state index contributed by atoms with van der Waals surface area (Å²) in [5.41, 5.74) is 5.57. The predicted molar refractivity (Wildman–Crippen MR) is 65.8 cm³/mol. The summed E-state index contributed by atoms with van der Waals surface area (Å²) in [5.74, 6) is 2.04. The Balaban J connectivity index is 2.35. The van der Waals surface area contributed by atoms with Gasteiger partial charge in [-0.25, -0.2) is 0 Å². The summed E-state index contributed by atoms with van der Waals surface area (Å²) in [6.07, 6.45) is 1.16. The predicted octanol–water partition coefficient (Wildman–Crippen LogP) is 1.80. The minimum atomic E-state index is 0.731. The Morgan fingerprint density at radius 2 is 2.21 bits per heavy atom. The van der Waals surface area contributed by atoms with Crippen molar-refractivity contribution in [2.45, 2.75) is 38.5 Å². The summed E-state index contributed by atoms with van der Waals surface area (Å²) in [6, 6.07) is 0.731. The molecule has 3 heteroatoms. The number of nitrogens with two attached hydrogens (primary N) is 1. The number of thioether (sulfide) groups is 1. The fraction of sp³-hybridized carbons (Fsp3) is 1.00. The summed E-state index contributed by atoms with van der Waals surface area (Å²) >= 11 is 2.10. The third-order valence-electron chi connectivity index (χ3n) is 3.22. The molecule has 1 aliphatic rings. The van der Waals surface area contributed by atoms with Gasteiger partial charge in [0.05, 0.1) is 0 Å². The van der Waals surface area contributed by atoms with Crippen LogP contribution < -0.4 is 5.73 Å². The normalized spacial score (nSPS) is 31.7. The first-order valence-electron chi connectivity index (χ1n) is 5.71. The Kier molecular flexibility index (Phi) is 5.28. The molecule has 0 spiro atoms. The Hall–Kier alpha value is 0.270. The lowest BCUT2D eigenvalue weighted by atomic mass is 10.1. The van der Waals surface area contributed by atoms with Crippen molar-refractivity contribution in [3.63, 3.8) is 0 Å². The van der Waals surface area contributed by atoms with Crippen molar-refractivity contribution in [3.8, 4) is 0 Å². The number of nitrogens with zero attached hydrogens (tertiary/aromatic N) is 1. The maximum absolute atomic E-state index is 5.57. The molecule has 2 nitrogen and oxygen atoms in total. The van der Waals surface area contributed by atoms with Gasteiger partial charge in [0.1, 0.15) is 0 Å². The van der Waals surface area contributed by atoms with Crippen LogP contribution in [0.1, 0.15) is 27.2 Å². The molecule has 1 saturated heterocycles. The van der Waals surface area contributed by atoms with Crippen molar-refractivity contribution in [1.82, 2.24) is 4.90 Å². The molecule has 0 saturated carbocycles. The van der Waals surface area contributed by atoms with Gasteiger partial charge in [-0.1, -0.05) is 13.8 Å². The van der Waals surface area contributed by atoms with Crippen molar-refractivity contribution in [2.75, 3.05) is 25.4 Å². The maximum atomic E-state index is 5.57. The highest BCUT2D eigenvalue weighted by atomic mass is 32.2. The van der Waals surface area contributed by atoms with Crippen LogP contribution in [0, 0.1) is 5.92 Å².